The minimum absolute atomic E-state index is 0.246. The third-order valence-electron chi connectivity index (χ3n) is 2.92. The standard InChI is InChI=1S/C15H10Cl2N2O2S/c16-12-2-1-9(6-13(12)17)5-11-7-18-15(22-11)19-14(20)10-3-4-21-8-10/h1-4,6-8H,5H2,(H,18,19,20). The highest BCUT2D eigenvalue weighted by molar-refractivity contribution is 7.15. The highest BCUT2D eigenvalue weighted by Crippen LogP contribution is 2.26. The van der Waals surface area contributed by atoms with Crippen LogP contribution in [0.15, 0.2) is 47.4 Å². The maximum atomic E-state index is 11.9. The Balaban J connectivity index is 1.68. The zero-order chi connectivity index (χ0) is 15.5. The zero-order valence-electron chi connectivity index (χ0n) is 11.2. The van der Waals surface area contributed by atoms with Crippen molar-refractivity contribution in [2.24, 2.45) is 0 Å². The molecule has 112 valence electrons. The number of aromatic nitrogens is 1. The van der Waals surface area contributed by atoms with E-state index in [9.17, 15) is 4.79 Å². The zero-order valence-corrected chi connectivity index (χ0v) is 13.5. The molecule has 3 rings (SSSR count). The van der Waals surface area contributed by atoms with E-state index in [1.54, 1.807) is 18.3 Å². The van der Waals surface area contributed by atoms with Crippen molar-refractivity contribution in [3.05, 3.63) is 69.0 Å². The van der Waals surface area contributed by atoms with Crippen LogP contribution < -0.4 is 5.32 Å². The monoisotopic (exact) mass is 352 g/mol. The number of thiazole rings is 1. The molecule has 0 atom stereocenters. The molecule has 0 fully saturated rings. The molecule has 7 heteroatoms. The lowest BCUT2D eigenvalue weighted by Gasteiger charge is -2.01. The number of carbonyl (C=O) groups is 1. The van der Waals surface area contributed by atoms with Gasteiger partial charge in [-0.05, 0) is 23.8 Å². The van der Waals surface area contributed by atoms with E-state index >= 15 is 0 Å². The van der Waals surface area contributed by atoms with E-state index in [4.69, 9.17) is 27.6 Å². The lowest BCUT2D eigenvalue weighted by molar-refractivity contribution is 0.102. The van der Waals surface area contributed by atoms with Crippen LogP contribution in [0.4, 0.5) is 5.13 Å². The number of rotatable bonds is 4. The maximum absolute atomic E-state index is 11.9. The minimum atomic E-state index is -0.246. The molecular weight excluding hydrogens is 343 g/mol. The van der Waals surface area contributed by atoms with Gasteiger partial charge in [-0.2, -0.15) is 0 Å². The molecule has 0 aliphatic heterocycles. The van der Waals surface area contributed by atoms with E-state index in [0.717, 1.165) is 10.4 Å². The first-order valence-electron chi connectivity index (χ1n) is 6.34. The summed E-state index contributed by atoms with van der Waals surface area (Å²) in [6, 6.07) is 7.10. The molecule has 4 nitrogen and oxygen atoms in total. The summed E-state index contributed by atoms with van der Waals surface area (Å²) in [7, 11) is 0. The van der Waals surface area contributed by atoms with Gasteiger partial charge in [0.2, 0.25) is 0 Å². The Morgan fingerprint density at radius 1 is 1.27 bits per heavy atom. The van der Waals surface area contributed by atoms with Gasteiger partial charge in [-0.1, -0.05) is 29.3 Å². The van der Waals surface area contributed by atoms with E-state index in [1.807, 2.05) is 12.1 Å². The van der Waals surface area contributed by atoms with Crippen LogP contribution in [0.5, 0.6) is 0 Å². The number of benzene rings is 1. The van der Waals surface area contributed by atoms with Crippen molar-refractivity contribution in [3.63, 3.8) is 0 Å². The number of nitrogens with zero attached hydrogens (tertiary/aromatic N) is 1. The Morgan fingerprint density at radius 3 is 2.86 bits per heavy atom. The van der Waals surface area contributed by atoms with Gasteiger partial charge in [0.05, 0.1) is 21.9 Å². The van der Waals surface area contributed by atoms with E-state index < -0.39 is 0 Å². The first-order chi connectivity index (χ1) is 10.6. The van der Waals surface area contributed by atoms with Crippen molar-refractivity contribution >= 4 is 45.6 Å². The number of carbonyl (C=O) groups excluding carboxylic acids is 1. The number of hydrogen-bond donors (Lipinski definition) is 1. The summed E-state index contributed by atoms with van der Waals surface area (Å²) >= 11 is 13.3. The summed E-state index contributed by atoms with van der Waals surface area (Å²) in [5.41, 5.74) is 1.49. The van der Waals surface area contributed by atoms with Gasteiger partial charge < -0.3 is 4.42 Å². The molecule has 0 bridgehead atoms. The molecule has 3 aromatic rings. The van der Waals surface area contributed by atoms with Crippen LogP contribution in [0.3, 0.4) is 0 Å². The van der Waals surface area contributed by atoms with Crippen molar-refractivity contribution in [3.8, 4) is 0 Å². The van der Waals surface area contributed by atoms with Crippen molar-refractivity contribution in [1.29, 1.82) is 0 Å². The van der Waals surface area contributed by atoms with Crippen LogP contribution in [0.1, 0.15) is 20.8 Å². The molecule has 0 spiro atoms. The number of anilines is 1. The maximum Gasteiger partial charge on any atom is 0.260 e. The Kier molecular flexibility index (Phi) is 4.47. The molecule has 1 N–H and O–H groups in total. The van der Waals surface area contributed by atoms with Gasteiger partial charge in [-0.15, -0.1) is 11.3 Å². The predicted molar refractivity (Wildman–Crippen MR) is 88.0 cm³/mol. The highest BCUT2D eigenvalue weighted by atomic mass is 35.5. The van der Waals surface area contributed by atoms with Crippen molar-refractivity contribution in [2.45, 2.75) is 6.42 Å². The van der Waals surface area contributed by atoms with E-state index in [0.29, 0.717) is 27.2 Å². The number of furan rings is 1. The van der Waals surface area contributed by atoms with Crippen molar-refractivity contribution < 1.29 is 9.21 Å². The predicted octanol–water partition coefficient (Wildman–Crippen LogP) is 4.89. The van der Waals surface area contributed by atoms with E-state index in [2.05, 4.69) is 10.3 Å². The molecule has 0 saturated heterocycles. The number of amides is 1. The molecule has 0 aliphatic carbocycles. The van der Waals surface area contributed by atoms with Gasteiger partial charge in [0.25, 0.3) is 5.91 Å². The van der Waals surface area contributed by atoms with Gasteiger partial charge in [0.1, 0.15) is 6.26 Å². The largest absolute Gasteiger partial charge is 0.472 e. The van der Waals surface area contributed by atoms with Crippen LogP contribution >= 0.6 is 34.5 Å². The van der Waals surface area contributed by atoms with Gasteiger partial charge >= 0.3 is 0 Å². The third kappa shape index (κ3) is 3.50. The topological polar surface area (TPSA) is 55.1 Å². The lowest BCUT2D eigenvalue weighted by Crippen LogP contribution is -2.10. The fourth-order valence-corrected chi connectivity index (χ4v) is 3.02. The molecule has 0 radical (unpaired) electrons. The Labute approximate surface area is 140 Å². The van der Waals surface area contributed by atoms with Crippen LogP contribution in [0, 0.1) is 0 Å². The Morgan fingerprint density at radius 2 is 2.14 bits per heavy atom. The van der Waals surface area contributed by atoms with Crippen LogP contribution in [-0.4, -0.2) is 10.9 Å². The summed E-state index contributed by atoms with van der Waals surface area (Å²) in [5, 5.41) is 4.33. The summed E-state index contributed by atoms with van der Waals surface area (Å²) < 4.78 is 4.88. The van der Waals surface area contributed by atoms with Gasteiger partial charge in [-0.3, -0.25) is 10.1 Å². The van der Waals surface area contributed by atoms with Gasteiger partial charge in [0, 0.05) is 17.5 Å². The molecule has 0 saturated carbocycles. The second-order valence-electron chi connectivity index (χ2n) is 4.52. The Hall–Kier alpha value is -1.82. The lowest BCUT2D eigenvalue weighted by atomic mass is 10.1. The number of nitrogens with one attached hydrogen (secondary N) is 1. The summed E-state index contributed by atoms with van der Waals surface area (Å²) in [5.74, 6) is -0.246. The van der Waals surface area contributed by atoms with E-state index in [1.165, 1.54) is 23.9 Å². The molecular formula is C15H10Cl2N2O2S. The summed E-state index contributed by atoms with van der Waals surface area (Å²) in [6.45, 7) is 0. The average Bonchev–Trinajstić information content (AvgIpc) is 3.15. The molecule has 0 aliphatic rings. The molecule has 1 aromatic carbocycles. The summed E-state index contributed by atoms with van der Waals surface area (Å²) in [4.78, 5) is 17.1. The SMILES string of the molecule is O=C(Nc1ncc(Cc2ccc(Cl)c(Cl)c2)s1)c1ccoc1. The van der Waals surface area contributed by atoms with Crippen LogP contribution in [-0.2, 0) is 6.42 Å². The van der Waals surface area contributed by atoms with Crippen molar-refractivity contribution in [1.82, 2.24) is 4.98 Å². The second kappa shape index (κ2) is 6.52. The fraction of sp³-hybridized carbons (Fsp3) is 0.0667. The Bertz CT molecular complexity index is 800. The van der Waals surface area contributed by atoms with Crippen LogP contribution in [0.2, 0.25) is 10.0 Å². The second-order valence-corrected chi connectivity index (χ2v) is 6.45. The molecule has 0 unspecified atom stereocenters. The highest BCUT2D eigenvalue weighted by Gasteiger charge is 2.10. The van der Waals surface area contributed by atoms with Gasteiger partial charge in [0.15, 0.2) is 5.13 Å². The third-order valence-corrected chi connectivity index (χ3v) is 4.57. The molecule has 1 amide bonds. The minimum Gasteiger partial charge on any atom is -0.472 e. The van der Waals surface area contributed by atoms with Gasteiger partial charge in [-0.25, -0.2) is 4.98 Å². The normalized spacial score (nSPS) is 10.6. The quantitative estimate of drug-likeness (QED) is 0.727. The molecule has 2 heterocycles. The molecule has 2 aromatic heterocycles. The summed E-state index contributed by atoms with van der Waals surface area (Å²) in [6.07, 6.45) is 5.25. The average molecular weight is 353 g/mol. The van der Waals surface area contributed by atoms with E-state index in [-0.39, 0.29) is 5.91 Å². The fourth-order valence-electron chi connectivity index (χ4n) is 1.86. The number of halogens is 2. The first kappa shape index (κ1) is 15.1. The number of hydrogen-bond acceptors (Lipinski definition) is 4. The first-order valence-corrected chi connectivity index (χ1v) is 7.91. The van der Waals surface area contributed by atoms with Crippen LogP contribution in [0.25, 0.3) is 0 Å². The van der Waals surface area contributed by atoms with Crippen molar-refractivity contribution in [2.75, 3.05) is 5.32 Å². The smallest absolute Gasteiger partial charge is 0.260 e. The molecule has 22 heavy (non-hydrogen) atoms.